The number of nitrogens with one attached hydrogen (secondary N) is 3. The average Bonchev–Trinajstić information content (AvgIpc) is 3.53. The number of pyridine rings is 2. The van der Waals surface area contributed by atoms with E-state index < -0.39 is 0 Å². The minimum absolute atomic E-state index is 0.326. The highest BCUT2D eigenvalue weighted by Gasteiger charge is 2.20. The van der Waals surface area contributed by atoms with Gasteiger partial charge in [0.25, 0.3) is 0 Å². The van der Waals surface area contributed by atoms with Gasteiger partial charge in [0, 0.05) is 43.6 Å². The molecular formula is C28H31N9. The Kier molecular flexibility index (Phi) is 5.84. The Morgan fingerprint density at radius 2 is 1.84 bits per heavy atom. The highest BCUT2D eigenvalue weighted by atomic mass is 15.3. The van der Waals surface area contributed by atoms with E-state index in [1.54, 1.807) is 6.20 Å². The predicted molar refractivity (Wildman–Crippen MR) is 150 cm³/mol. The molecule has 1 fully saturated rings. The number of aromatic amines is 2. The second-order valence-corrected chi connectivity index (χ2v) is 9.98. The number of fused-ring (bicyclic) bond motifs is 2. The molecule has 1 aromatic carbocycles. The van der Waals surface area contributed by atoms with E-state index in [4.69, 9.17) is 9.97 Å². The van der Waals surface area contributed by atoms with Crippen molar-refractivity contribution in [3.63, 3.8) is 0 Å². The van der Waals surface area contributed by atoms with Gasteiger partial charge >= 0.3 is 0 Å². The lowest BCUT2D eigenvalue weighted by molar-refractivity contribution is 0.313. The van der Waals surface area contributed by atoms with E-state index in [-0.39, 0.29) is 0 Å². The Labute approximate surface area is 215 Å². The molecule has 188 valence electrons. The SMILES string of the molecule is C=C(Nc1cncc(-c2ccc3[nH]nc(-c4nc5c(N6CCN(C)CC6)cccc5[nH]4)c3n2)c1)C(C)C. The summed E-state index contributed by atoms with van der Waals surface area (Å²) in [7, 11) is 2.17. The highest BCUT2D eigenvalue weighted by molar-refractivity contribution is 5.95. The number of hydrogen-bond acceptors (Lipinski definition) is 7. The van der Waals surface area contributed by atoms with Crippen molar-refractivity contribution in [1.82, 2.24) is 35.0 Å². The van der Waals surface area contributed by atoms with E-state index in [1.165, 1.54) is 0 Å². The molecule has 9 heteroatoms. The monoisotopic (exact) mass is 493 g/mol. The van der Waals surface area contributed by atoms with Gasteiger partial charge < -0.3 is 20.1 Å². The van der Waals surface area contributed by atoms with E-state index in [0.29, 0.717) is 17.4 Å². The second kappa shape index (κ2) is 9.33. The predicted octanol–water partition coefficient (Wildman–Crippen LogP) is 4.90. The van der Waals surface area contributed by atoms with Crippen molar-refractivity contribution in [3.05, 3.63) is 61.1 Å². The molecule has 9 nitrogen and oxygen atoms in total. The number of rotatable bonds is 6. The maximum absolute atomic E-state index is 5.00. The van der Waals surface area contributed by atoms with Gasteiger partial charge in [-0.2, -0.15) is 5.10 Å². The zero-order chi connectivity index (χ0) is 25.5. The van der Waals surface area contributed by atoms with Crippen molar-refractivity contribution in [3.8, 4) is 22.8 Å². The van der Waals surface area contributed by atoms with Crippen molar-refractivity contribution in [2.45, 2.75) is 13.8 Å². The average molecular weight is 494 g/mol. The maximum atomic E-state index is 5.00. The largest absolute Gasteiger partial charge is 0.367 e. The second-order valence-electron chi connectivity index (χ2n) is 9.98. The Bertz CT molecular complexity index is 1590. The lowest BCUT2D eigenvalue weighted by Gasteiger charge is -2.34. The molecule has 5 heterocycles. The minimum atomic E-state index is 0.326. The molecule has 1 saturated heterocycles. The Hall–Kier alpha value is -4.24. The molecule has 0 unspecified atom stereocenters. The van der Waals surface area contributed by atoms with Crippen LogP contribution in [-0.4, -0.2) is 68.3 Å². The van der Waals surface area contributed by atoms with Crippen LogP contribution in [0.4, 0.5) is 11.4 Å². The number of piperazine rings is 1. The summed E-state index contributed by atoms with van der Waals surface area (Å²) in [6, 6.07) is 12.3. The van der Waals surface area contributed by atoms with E-state index in [9.17, 15) is 0 Å². The summed E-state index contributed by atoms with van der Waals surface area (Å²) < 4.78 is 0. The molecule has 6 rings (SSSR count). The summed E-state index contributed by atoms with van der Waals surface area (Å²) in [5.74, 6) is 1.03. The molecule has 0 amide bonds. The number of H-pyrrole nitrogens is 2. The van der Waals surface area contributed by atoms with Crippen LogP contribution in [0.1, 0.15) is 13.8 Å². The third kappa shape index (κ3) is 4.42. The number of likely N-dealkylation sites (N-methyl/N-ethyl adjacent to an activating group) is 1. The zero-order valence-corrected chi connectivity index (χ0v) is 21.4. The Morgan fingerprint density at radius 1 is 1.00 bits per heavy atom. The smallest absolute Gasteiger partial charge is 0.161 e. The molecule has 37 heavy (non-hydrogen) atoms. The highest BCUT2D eigenvalue weighted by Crippen LogP contribution is 2.31. The van der Waals surface area contributed by atoms with Gasteiger partial charge in [-0.3, -0.25) is 10.1 Å². The number of anilines is 2. The molecule has 3 N–H and O–H groups in total. The van der Waals surface area contributed by atoms with Crippen molar-refractivity contribution in [2.24, 2.45) is 5.92 Å². The number of imidazole rings is 1. The van der Waals surface area contributed by atoms with Gasteiger partial charge in [-0.05, 0) is 43.3 Å². The van der Waals surface area contributed by atoms with Crippen LogP contribution in [0.15, 0.2) is 61.1 Å². The van der Waals surface area contributed by atoms with Crippen LogP contribution in [0.25, 0.3) is 44.8 Å². The van der Waals surface area contributed by atoms with Crippen LogP contribution >= 0.6 is 0 Å². The molecule has 0 spiro atoms. The summed E-state index contributed by atoms with van der Waals surface area (Å²) in [6.07, 6.45) is 3.62. The van der Waals surface area contributed by atoms with E-state index in [1.807, 2.05) is 24.4 Å². The third-order valence-electron chi connectivity index (χ3n) is 7.00. The summed E-state index contributed by atoms with van der Waals surface area (Å²) in [4.78, 5) is 22.6. The van der Waals surface area contributed by atoms with Gasteiger partial charge in [-0.25, -0.2) is 9.97 Å². The molecule has 4 aromatic heterocycles. The number of para-hydroxylation sites is 1. The summed E-state index contributed by atoms with van der Waals surface area (Å²) >= 11 is 0. The first-order valence-electron chi connectivity index (χ1n) is 12.7. The number of nitrogens with zero attached hydrogens (tertiary/aromatic N) is 6. The van der Waals surface area contributed by atoms with Crippen LogP contribution in [-0.2, 0) is 0 Å². The summed E-state index contributed by atoms with van der Waals surface area (Å²) in [5, 5.41) is 11.0. The molecule has 0 bridgehead atoms. The van der Waals surface area contributed by atoms with Gasteiger partial charge in [0.2, 0.25) is 0 Å². The van der Waals surface area contributed by atoms with Crippen LogP contribution in [0, 0.1) is 5.92 Å². The molecule has 0 atom stereocenters. The van der Waals surface area contributed by atoms with Crippen LogP contribution in [0.5, 0.6) is 0 Å². The third-order valence-corrected chi connectivity index (χ3v) is 7.00. The first-order chi connectivity index (χ1) is 18.0. The van der Waals surface area contributed by atoms with Crippen molar-refractivity contribution in [2.75, 3.05) is 43.4 Å². The van der Waals surface area contributed by atoms with E-state index >= 15 is 0 Å². The normalized spacial score (nSPS) is 14.6. The summed E-state index contributed by atoms with van der Waals surface area (Å²) in [5.41, 5.74) is 8.99. The lowest BCUT2D eigenvalue weighted by atomic mass is 10.1. The quantitative estimate of drug-likeness (QED) is 0.309. The van der Waals surface area contributed by atoms with Gasteiger partial charge in [-0.1, -0.05) is 26.5 Å². The topological polar surface area (TPSA) is 102 Å². The van der Waals surface area contributed by atoms with Gasteiger partial charge in [-0.15, -0.1) is 0 Å². The summed E-state index contributed by atoms with van der Waals surface area (Å²) in [6.45, 7) is 12.4. The molecule has 1 aliphatic rings. The van der Waals surface area contributed by atoms with Crippen LogP contribution in [0.2, 0.25) is 0 Å². The lowest BCUT2D eigenvalue weighted by Crippen LogP contribution is -2.44. The zero-order valence-electron chi connectivity index (χ0n) is 21.4. The standard InChI is InChI=1S/C28H31N9/c1-17(2)18(3)30-20-14-19(15-29-16-20)21-8-9-23-26(31-21)27(35-34-23)28-32-22-6-5-7-24(25(22)33-28)37-12-10-36(4)11-13-37/h5-9,14-17,30H,3,10-13H2,1-2,4H3,(H,32,33)(H,34,35). The van der Waals surface area contributed by atoms with Crippen molar-refractivity contribution < 1.29 is 0 Å². The first-order valence-corrected chi connectivity index (χ1v) is 12.7. The van der Waals surface area contributed by atoms with Crippen LogP contribution < -0.4 is 10.2 Å². The maximum Gasteiger partial charge on any atom is 0.161 e. The fourth-order valence-electron chi connectivity index (χ4n) is 4.63. The van der Waals surface area contributed by atoms with Crippen molar-refractivity contribution in [1.29, 1.82) is 0 Å². The number of allylic oxidation sites excluding steroid dienone is 1. The van der Waals surface area contributed by atoms with Gasteiger partial charge in [0.1, 0.15) is 11.0 Å². The molecule has 0 radical (unpaired) electrons. The first kappa shape index (κ1) is 23.2. The fraction of sp³-hybridized carbons (Fsp3) is 0.286. The van der Waals surface area contributed by atoms with Gasteiger partial charge in [0.15, 0.2) is 11.5 Å². The number of aromatic nitrogens is 6. The molecular weight excluding hydrogens is 462 g/mol. The van der Waals surface area contributed by atoms with Gasteiger partial charge in [0.05, 0.1) is 34.3 Å². The number of benzene rings is 1. The molecule has 1 aliphatic heterocycles. The molecule has 0 saturated carbocycles. The fourth-order valence-corrected chi connectivity index (χ4v) is 4.63. The van der Waals surface area contributed by atoms with Crippen molar-refractivity contribution >= 4 is 33.4 Å². The van der Waals surface area contributed by atoms with E-state index in [0.717, 1.165) is 76.6 Å². The minimum Gasteiger partial charge on any atom is -0.367 e. The Balaban J connectivity index is 1.36. The molecule has 5 aromatic rings. The molecule has 0 aliphatic carbocycles. The van der Waals surface area contributed by atoms with Crippen LogP contribution in [0.3, 0.4) is 0 Å². The Morgan fingerprint density at radius 3 is 2.65 bits per heavy atom. The number of hydrogen-bond donors (Lipinski definition) is 3. The van der Waals surface area contributed by atoms with E-state index in [2.05, 4.69) is 81.0 Å².